The number of nitrogens with zero attached hydrogens (tertiary/aromatic N) is 2. The van der Waals surface area contributed by atoms with Gasteiger partial charge in [0.05, 0.1) is 25.2 Å². The summed E-state index contributed by atoms with van der Waals surface area (Å²) >= 11 is 0. The topological polar surface area (TPSA) is 159 Å². The first-order valence-corrected chi connectivity index (χ1v) is 16.5. The first-order chi connectivity index (χ1) is 22.7. The van der Waals surface area contributed by atoms with Crippen LogP contribution in [0, 0.1) is 19.8 Å². The van der Waals surface area contributed by atoms with Gasteiger partial charge in [-0.1, -0.05) is 19.9 Å². The van der Waals surface area contributed by atoms with Gasteiger partial charge in [0.1, 0.15) is 18.0 Å². The van der Waals surface area contributed by atoms with Gasteiger partial charge in [0.2, 0.25) is 18.6 Å². The third-order valence-electron chi connectivity index (χ3n) is 10.2. The zero-order valence-corrected chi connectivity index (χ0v) is 28.8. The van der Waals surface area contributed by atoms with Crippen molar-refractivity contribution in [3.8, 4) is 28.7 Å². The van der Waals surface area contributed by atoms with Crippen LogP contribution in [0.3, 0.4) is 0 Å². The van der Waals surface area contributed by atoms with Gasteiger partial charge in [-0.05, 0) is 57.7 Å². The quantitative estimate of drug-likeness (QED) is 0.242. The molecule has 0 radical (unpaired) electrons. The Hall–Kier alpha value is -4.07. The number of aliphatic hydroxyl groups is 1. The molecule has 4 N–H and O–H groups in total. The molecule has 6 atom stereocenters. The highest BCUT2D eigenvalue weighted by Crippen LogP contribution is 2.58. The lowest BCUT2D eigenvalue weighted by atomic mass is 9.73. The smallest absolute Gasteiger partial charge is 0.308 e. The van der Waals surface area contributed by atoms with Crippen LogP contribution in [0.5, 0.6) is 28.7 Å². The molecule has 48 heavy (non-hydrogen) atoms. The van der Waals surface area contributed by atoms with E-state index in [9.17, 15) is 24.6 Å². The minimum atomic E-state index is -0.983. The van der Waals surface area contributed by atoms with Crippen molar-refractivity contribution in [1.29, 1.82) is 0 Å². The van der Waals surface area contributed by atoms with Crippen LogP contribution < -0.4 is 29.6 Å². The number of aliphatic hydroxyl groups excluding tert-OH is 1. The van der Waals surface area contributed by atoms with Gasteiger partial charge in [-0.25, -0.2) is 0 Å². The molecule has 6 rings (SSSR count). The SMILES string of the molecule is COc1c(C)cc2c(c1O)[C@H]1C3Cc4c(OC(C)=O)c(C)c5c(c4[C@H](CNC(=O)C(C)NC(=O)CC(C)C)N3[C@@H](O)[C@@H](C2)N1C)OCO5. The lowest BCUT2D eigenvalue weighted by molar-refractivity contribution is -0.172. The van der Waals surface area contributed by atoms with Gasteiger partial charge >= 0.3 is 5.97 Å². The van der Waals surface area contributed by atoms with E-state index in [4.69, 9.17) is 18.9 Å². The van der Waals surface area contributed by atoms with Crippen molar-refractivity contribution in [2.45, 2.75) is 97.2 Å². The van der Waals surface area contributed by atoms with Crippen LogP contribution in [-0.2, 0) is 27.2 Å². The highest BCUT2D eigenvalue weighted by Gasteiger charge is 2.56. The fourth-order valence-electron chi connectivity index (χ4n) is 8.21. The van der Waals surface area contributed by atoms with Crippen molar-refractivity contribution in [2.24, 2.45) is 5.92 Å². The Balaban J connectivity index is 1.48. The minimum Gasteiger partial charge on any atom is -0.504 e. The molecule has 13 heteroatoms. The molecular weight excluding hydrogens is 620 g/mol. The summed E-state index contributed by atoms with van der Waals surface area (Å²) in [5.74, 6) is 0.770. The fraction of sp³-hybridized carbons (Fsp3) is 0.571. The van der Waals surface area contributed by atoms with E-state index in [2.05, 4.69) is 15.5 Å². The van der Waals surface area contributed by atoms with Gasteiger partial charge in [-0.2, -0.15) is 0 Å². The van der Waals surface area contributed by atoms with E-state index >= 15 is 0 Å². The maximum absolute atomic E-state index is 13.4. The molecule has 0 aliphatic carbocycles. The maximum atomic E-state index is 13.4. The zero-order chi connectivity index (χ0) is 34.8. The predicted molar refractivity (Wildman–Crippen MR) is 174 cm³/mol. The molecule has 0 saturated carbocycles. The number of esters is 1. The average Bonchev–Trinajstić information content (AvgIpc) is 3.50. The first-order valence-electron chi connectivity index (χ1n) is 16.5. The van der Waals surface area contributed by atoms with E-state index in [1.807, 2.05) is 45.7 Å². The number of phenolic OH excluding ortho intramolecular Hbond substituents is 1. The second-order valence-corrected chi connectivity index (χ2v) is 13.8. The lowest BCUT2D eigenvalue weighted by Gasteiger charge is -2.60. The molecule has 2 aromatic rings. The van der Waals surface area contributed by atoms with E-state index in [0.717, 1.165) is 16.7 Å². The Kier molecular flexibility index (Phi) is 8.98. The van der Waals surface area contributed by atoms with Gasteiger partial charge in [0.25, 0.3) is 0 Å². The number of methoxy groups -OCH3 is 1. The molecule has 13 nitrogen and oxygen atoms in total. The Morgan fingerprint density at radius 1 is 1.06 bits per heavy atom. The third kappa shape index (κ3) is 5.51. The molecule has 1 saturated heterocycles. The number of nitrogens with one attached hydrogen (secondary N) is 2. The minimum absolute atomic E-state index is 0.0372. The number of hydrogen-bond acceptors (Lipinski definition) is 11. The first kappa shape index (κ1) is 33.8. The molecule has 1 fully saturated rings. The summed E-state index contributed by atoms with van der Waals surface area (Å²) in [7, 11) is 3.47. The number of rotatable bonds is 8. The number of ether oxygens (including phenoxy) is 4. The Labute approximate surface area is 280 Å². The number of amides is 2. The van der Waals surface area contributed by atoms with Crippen molar-refractivity contribution < 1.29 is 43.5 Å². The number of aryl methyl sites for hydroxylation is 1. The van der Waals surface area contributed by atoms with Crippen molar-refractivity contribution in [1.82, 2.24) is 20.4 Å². The van der Waals surface area contributed by atoms with E-state index in [1.54, 1.807) is 6.92 Å². The van der Waals surface area contributed by atoms with E-state index in [1.165, 1.54) is 14.0 Å². The third-order valence-corrected chi connectivity index (χ3v) is 10.2. The van der Waals surface area contributed by atoms with Gasteiger partial charge in [0, 0.05) is 48.2 Å². The lowest BCUT2D eigenvalue weighted by Crippen LogP contribution is -2.69. The summed E-state index contributed by atoms with van der Waals surface area (Å²) in [4.78, 5) is 42.4. The fourth-order valence-corrected chi connectivity index (χ4v) is 8.21. The standard InChI is InChI=1S/C35H46N4O9/c1-15(2)9-25(41)37-18(5)34(43)36-13-24-27-21(31(48-19(6)40)17(4)32-33(27)47-14-46-32)12-22-28-26-20(10-16(3)30(45-8)29(26)42)11-23(38(28)7)35(44)39(22)24/h10,15,18,22-24,28,35,42,44H,9,11-14H2,1-8H3,(H,36,43)(H,37,41)/t18?,22?,23-,24+,28-,35+/m1/s1. The number of carbonyl (C=O) groups excluding carboxylic acids is 3. The molecule has 2 aromatic carbocycles. The Morgan fingerprint density at radius 3 is 2.44 bits per heavy atom. The van der Waals surface area contributed by atoms with E-state index in [-0.39, 0.29) is 42.9 Å². The van der Waals surface area contributed by atoms with Gasteiger partial charge in [-0.3, -0.25) is 24.2 Å². The van der Waals surface area contributed by atoms with E-state index in [0.29, 0.717) is 59.0 Å². The number of benzene rings is 2. The normalized spacial score (nSPS) is 24.7. The second-order valence-electron chi connectivity index (χ2n) is 13.8. The number of phenols is 1. The summed E-state index contributed by atoms with van der Waals surface area (Å²) in [5, 5.41) is 29.6. The van der Waals surface area contributed by atoms with Crippen LogP contribution in [0.2, 0.25) is 0 Å². The molecular formula is C35H46N4O9. The van der Waals surface area contributed by atoms with Crippen LogP contribution >= 0.6 is 0 Å². The molecule has 4 aliphatic rings. The van der Waals surface area contributed by atoms with Crippen LogP contribution in [0.1, 0.15) is 79.6 Å². The van der Waals surface area contributed by atoms with Crippen molar-refractivity contribution in [2.75, 3.05) is 27.5 Å². The van der Waals surface area contributed by atoms with Gasteiger partial charge in [-0.15, -0.1) is 0 Å². The summed E-state index contributed by atoms with van der Waals surface area (Å²) in [5.41, 5.74) is 4.42. The molecule has 4 aliphatic heterocycles. The summed E-state index contributed by atoms with van der Waals surface area (Å²) in [6.07, 6.45) is 0.116. The highest BCUT2D eigenvalue weighted by atomic mass is 16.7. The number of carbonyl (C=O) groups is 3. The molecule has 4 heterocycles. The monoisotopic (exact) mass is 666 g/mol. The van der Waals surface area contributed by atoms with Gasteiger partial charge < -0.3 is 39.8 Å². The molecule has 0 spiro atoms. The van der Waals surface area contributed by atoms with Crippen LogP contribution in [0.25, 0.3) is 0 Å². The molecule has 2 bridgehead atoms. The van der Waals surface area contributed by atoms with Crippen LogP contribution in [-0.4, -0.2) is 89.6 Å². The highest BCUT2D eigenvalue weighted by molar-refractivity contribution is 5.87. The largest absolute Gasteiger partial charge is 0.504 e. The second kappa shape index (κ2) is 12.8. The maximum Gasteiger partial charge on any atom is 0.308 e. The van der Waals surface area contributed by atoms with Crippen molar-refractivity contribution >= 4 is 17.8 Å². The summed E-state index contributed by atoms with van der Waals surface area (Å²) in [6, 6.07) is -0.621. The molecule has 2 amide bonds. The number of likely N-dealkylation sites (N-methyl/N-ethyl adjacent to an activating group) is 1. The number of piperazine rings is 1. The summed E-state index contributed by atoms with van der Waals surface area (Å²) < 4.78 is 23.4. The summed E-state index contributed by atoms with van der Waals surface area (Å²) in [6.45, 7) is 10.5. The van der Waals surface area contributed by atoms with Crippen LogP contribution in [0.15, 0.2) is 6.07 Å². The van der Waals surface area contributed by atoms with Crippen molar-refractivity contribution in [3.63, 3.8) is 0 Å². The zero-order valence-electron chi connectivity index (χ0n) is 28.8. The predicted octanol–water partition coefficient (Wildman–Crippen LogP) is 2.54. The van der Waals surface area contributed by atoms with E-state index < -0.39 is 36.4 Å². The average molecular weight is 667 g/mol. The van der Waals surface area contributed by atoms with Crippen molar-refractivity contribution in [3.05, 3.63) is 39.4 Å². The number of fused-ring (bicyclic) bond motifs is 9. The molecule has 260 valence electrons. The Bertz CT molecular complexity index is 1660. The molecule has 0 aromatic heterocycles. The van der Waals surface area contributed by atoms with Crippen LogP contribution in [0.4, 0.5) is 0 Å². The molecule has 2 unspecified atom stereocenters. The Morgan fingerprint density at radius 2 is 1.77 bits per heavy atom. The number of hydrogen-bond donors (Lipinski definition) is 4. The van der Waals surface area contributed by atoms with Gasteiger partial charge in [0.15, 0.2) is 23.0 Å². The number of aromatic hydroxyl groups is 1.